The Balaban J connectivity index is 1.67. The van der Waals surface area contributed by atoms with Crippen LogP contribution >= 0.6 is 11.6 Å². The van der Waals surface area contributed by atoms with Gasteiger partial charge in [-0.3, -0.25) is 4.79 Å². The van der Waals surface area contributed by atoms with Gasteiger partial charge in [-0.2, -0.15) is 0 Å². The second-order valence-corrected chi connectivity index (χ2v) is 8.96. The number of carbonyl (C=O) groups is 2. The van der Waals surface area contributed by atoms with E-state index in [1.54, 1.807) is 4.90 Å². The molecule has 1 aromatic rings. The van der Waals surface area contributed by atoms with E-state index in [1.165, 1.54) is 0 Å². The van der Waals surface area contributed by atoms with Crippen LogP contribution in [-0.4, -0.2) is 46.5 Å². The highest BCUT2D eigenvalue weighted by Crippen LogP contribution is 2.32. The van der Waals surface area contributed by atoms with Crippen molar-refractivity contribution in [1.29, 1.82) is 0 Å². The van der Waals surface area contributed by atoms with Crippen molar-refractivity contribution in [2.45, 2.75) is 64.6 Å². The molecule has 1 aliphatic heterocycles. The van der Waals surface area contributed by atoms with Gasteiger partial charge in [-0.05, 0) is 58.1 Å². The van der Waals surface area contributed by atoms with Gasteiger partial charge in [0.15, 0.2) is 0 Å². The molecular weight excluding hydrogens is 364 g/mol. The van der Waals surface area contributed by atoms with Crippen LogP contribution in [0.4, 0.5) is 4.79 Å². The van der Waals surface area contributed by atoms with Crippen molar-refractivity contribution < 1.29 is 14.3 Å². The van der Waals surface area contributed by atoms with Crippen LogP contribution in [0.5, 0.6) is 0 Å². The van der Waals surface area contributed by atoms with E-state index >= 15 is 0 Å². The fraction of sp³-hybridized carbons (Fsp3) is 0.619. The number of rotatable bonds is 4. The van der Waals surface area contributed by atoms with Crippen molar-refractivity contribution in [1.82, 2.24) is 9.80 Å². The Hall–Kier alpha value is -1.75. The van der Waals surface area contributed by atoms with Gasteiger partial charge in [-0.15, -0.1) is 0 Å². The van der Waals surface area contributed by atoms with Crippen LogP contribution in [0.25, 0.3) is 0 Å². The number of hydrogen-bond acceptors (Lipinski definition) is 3. The van der Waals surface area contributed by atoms with E-state index in [4.69, 9.17) is 16.3 Å². The van der Waals surface area contributed by atoms with Crippen LogP contribution in [0, 0.1) is 5.92 Å². The van der Waals surface area contributed by atoms with Crippen LogP contribution in [-0.2, 0) is 16.1 Å². The Morgan fingerprint density at radius 2 is 1.93 bits per heavy atom. The fourth-order valence-corrected chi connectivity index (χ4v) is 3.68. The average molecular weight is 393 g/mol. The lowest BCUT2D eigenvalue weighted by atomic mass is 9.96. The first-order chi connectivity index (χ1) is 12.7. The molecule has 5 nitrogen and oxygen atoms in total. The molecule has 148 valence electrons. The highest BCUT2D eigenvalue weighted by atomic mass is 35.5. The Bertz CT molecular complexity index is 697. The van der Waals surface area contributed by atoms with Crippen molar-refractivity contribution >= 4 is 23.6 Å². The first-order valence-corrected chi connectivity index (χ1v) is 10.1. The largest absolute Gasteiger partial charge is 0.444 e. The predicted octanol–water partition coefficient (Wildman–Crippen LogP) is 4.48. The minimum atomic E-state index is -0.530. The molecule has 6 heteroatoms. The van der Waals surface area contributed by atoms with Gasteiger partial charge >= 0.3 is 6.09 Å². The zero-order chi connectivity index (χ0) is 19.6. The van der Waals surface area contributed by atoms with Gasteiger partial charge in [0.05, 0.1) is 5.92 Å². The molecule has 0 aromatic heterocycles. The van der Waals surface area contributed by atoms with Crippen LogP contribution in [0.2, 0.25) is 5.02 Å². The number of amides is 2. The number of nitrogens with zero attached hydrogens (tertiary/aromatic N) is 2. The monoisotopic (exact) mass is 392 g/mol. The number of benzene rings is 1. The van der Waals surface area contributed by atoms with Crippen molar-refractivity contribution in [2.24, 2.45) is 5.92 Å². The van der Waals surface area contributed by atoms with E-state index in [1.807, 2.05) is 49.9 Å². The predicted molar refractivity (Wildman–Crippen MR) is 106 cm³/mol. The molecule has 2 aliphatic rings. The molecule has 0 bridgehead atoms. The normalized spacial score (nSPS) is 20.3. The summed E-state index contributed by atoms with van der Waals surface area (Å²) in [5.41, 5.74) is 0.442. The maximum atomic E-state index is 13.3. The average Bonchev–Trinajstić information content (AvgIpc) is 3.44. The summed E-state index contributed by atoms with van der Waals surface area (Å²) in [6.07, 6.45) is 3.38. The third-order valence-electron chi connectivity index (χ3n) is 4.99. The second-order valence-electron chi connectivity index (χ2n) is 8.55. The molecule has 1 aliphatic carbocycles. The smallest absolute Gasteiger partial charge is 0.410 e. The molecule has 1 saturated heterocycles. The SMILES string of the molecule is CC(C)(C)OC(=O)N1CCC[C@@H](C(=O)N(Cc2ccccc2Cl)C2CC2)C1. The van der Waals surface area contributed by atoms with Gasteiger partial charge in [0.1, 0.15) is 5.60 Å². The first kappa shape index (κ1) is 20.0. The third-order valence-corrected chi connectivity index (χ3v) is 5.36. The number of likely N-dealkylation sites (tertiary alicyclic amines) is 1. The first-order valence-electron chi connectivity index (χ1n) is 9.76. The van der Waals surface area contributed by atoms with E-state index in [0.29, 0.717) is 30.7 Å². The molecule has 2 fully saturated rings. The van der Waals surface area contributed by atoms with E-state index < -0.39 is 5.60 Å². The lowest BCUT2D eigenvalue weighted by Crippen LogP contribution is -2.48. The zero-order valence-electron chi connectivity index (χ0n) is 16.4. The number of ether oxygens (including phenoxy) is 1. The van der Waals surface area contributed by atoms with Crippen molar-refractivity contribution in [3.8, 4) is 0 Å². The third kappa shape index (κ3) is 5.38. The lowest BCUT2D eigenvalue weighted by Gasteiger charge is -2.36. The summed E-state index contributed by atoms with van der Waals surface area (Å²) in [6, 6.07) is 7.97. The number of hydrogen-bond donors (Lipinski definition) is 0. The number of carbonyl (C=O) groups excluding carboxylic acids is 2. The Morgan fingerprint density at radius 1 is 1.22 bits per heavy atom. The quantitative estimate of drug-likeness (QED) is 0.759. The van der Waals surface area contributed by atoms with Crippen molar-refractivity contribution in [2.75, 3.05) is 13.1 Å². The van der Waals surface area contributed by atoms with E-state index in [9.17, 15) is 9.59 Å². The summed E-state index contributed by atoms with van der Waals surface area (Å²) in [6.45, 7) is 7.18. The van der Waals surface area contributed by atoms with Gasteiger partial charge in [0, 0.05) is 30.7 Å². The molecule has 1 atom stereocenters. The highest BCUT2D eigenvalue weighted by molar-refractivity contribution is 6.31. The van der Waals surface area contributed by atoms with Gasteiger partial charge in [-0.25, -0.2) is 4.79 Å². The summed E-state index contributed by atoms with van der Waals surface area (Å²) in [4.78, 5) is 29.3. The van der Waals surface area contributed by atoms with Crippen LogP contribution in [0.3, 0.4) is 0 Å². The van der Waals surface area contributed by atoms with Gasteiger partial charge in [0.25, 0.3) is 0 Å². The second kappa shape index (κ2) is 8.09. The van der Waals surface area contributed by atoms with Crippen molar-refractivity contribution in [3.63, 3.8) is 0 Å². The topological polar surface area (TPSA) is 49.9 Å². The zero-order valence-corrected chi connectivity index (χ0v) is 17.2. The molecular formula is C21H29ClN2O3. The maximum absolute atomic E-state index is 13.3. The number of piperidine rings is 1. The molecule has 0 N–H and O–H groups in total. The Kier molecular flexibility index (Phi) is 5.99. The maximum Gasteiger partial charge on any atom is 0.410 e. The van der Waals surface area contributed by atoms with Gasteiger partial charge in [-0.1, -0.05) is 29.8 Å². The summed E-state index contributed by atoms with van der Waals surface area (Å²) < 4.78 is 5.48. The molecule has 0 unspecified atom stereocenters. The summed E-state index contributed by atoms with van der Waals surface area (Å²) in [7, 11) is 0. The van der Waals surface area contributed by atoms with Crippen molar-refractivity contribution in [3.05, 3.63) is 34.9 Å². The fourth-order valence-electron chi connectivity index (χ4n) is 3.49. The number of halogens is 1. The molecule has 27 heavy (non-hydrogen) atoms. The molecule has 0 spiro atoms. The summed E-state index contributed by atoms with van der Waals surface area (Å²) in [5, 5.41) is 0.690. The molecule has 1 aromatic carbocycles. The minimum absolute atomic E-state index is 0.130. The van der Waals surface area contributed by atoms with E-state index in [-0.39, 0.29) is 17.9 Å². The van der Waals surface area contributed by atoms with Crippen LogP contribution in [0.15, 0.2) is 24.3 Å². The molecule has 1 heterocycles. The van der Waals surface area contributed by atoms with Gasteiger partial charge < -0.3 is 14.5 Å². The molecule has 1 saturated carbocycles. The Morgan fingerprint density at radius 3 is 2.56 bits per heavy atom. The minimum Gasteiger partial charge on any atom is -0.444 e. The van der Waals surface area contributed by atoms with E-state index in [2.05, 4.69) is 0 Å². The van der Waals surface area contributed by atoms with Gasteiger partial charge in [0.2, 0.25) is 5.91 Å². The molecule has 2 amide bonds. The van der Waals surface area contributed by atoms with Crippen LogP contribution in [0.1, 0.15) is 52.0 Å². The van der Waals surface area contributed by atoms with Crippen LogP contribution < -0.4 is 0 Å². The summed E-state index contributed by atoms with van der Waals surface area (Å²) in [5.74, 6) is -0.0416. The Labute approximate surface area is 166 Å². The molecule has 3 rings (SSSR count). The molecule has 0 radical (unpaired) electrons. The lowest BCUT2D eigenvalue weighted by molar-refractivity contribution is -0.138. The van der Waals surface area contributed by atoms with E-state index in [0.717, 1.165) is 31.2 Å². The summed E-state index contributed by atoms with van der Waals surface area (Å²) >= 11 is 6.30. The highest BCUT2D eigenvalue weighted by Gasteiger charge is 2.38. The standard InChI is InChI=1S/C21H29ClN2O3/c1-21(2,3)27-20(26)23-12-6-8-16(13-23)19(25)24(17-10-11-17)14-15-7-4-5-9-18(15)22/h4-5,7,9,16-17H,6,8,10-14H2,1-3H3/t16-/m1/s1.